The van der Waals surface area contributed by atoms with Crippen LogP contribution in [0.1, 0.15) is 26.7 Å². The van der Waals surface area contributed by atoms with Crippen LogP contribution >= 0.6 is 12.4 Å². The standard InChI is InChI=1S/C15H23FN2O2.ClH/c1-4-9-15(2,17)14(19)18(3)10-11-20-13-8-6-5-7-12(13)16;/h5-8H,4,9-11,17H2,1-3H3;1H. The number of benzene rings is 1. The van der Waals surface area contributed by atoms with Crippen LogP contribution in [0.3, 0.4) is 0 Å². The molecule has 120 valence electrons. The normalized spacial score (nSPS) is 13.0. The predicted octanol–water partition coefficient (Wildman–Crippen LogP) is 2.60. The van der Waals surface area contributed by atoms with Gasteiger partial charge >= 0.3 is 0 Å². The van der Waals surface area contributed by atoms with Crippen LogP contribution in [0, 0.1) is 5.82 Å². The van der Waals surface area contributed by atoms with Gasteiger partial charge in [0, 0.05) is 7.05 Å². The van der Waals surface area contributed by atoms with Gasteiger partial charge in [-0.1, -0.05) is 25.5 Å². The highest BCUT2D eigenvalue weighted by atomic mass is 35.5. The number of nitrogens with two attached hydrogens (primary N) is 1. The summed E-state index contributed by atoms with van der Waals surface area (Å²) in [6.07, 6.45) is 1.47. The van der Waals surface area contributed by atoms with Crippen molar-refractivity contribution in [2.45, 2.75) is 32.2 Å². The first-order chi connectivity index (χ1) is 9.38. The molecule has 0 saturated carbocycles. The average molecular weight is 319 g/mol. The van der Waals surface area contributed by atoms with Crippen molar-refractivity contribution in [2.24, 2.45) is 5.73 Å². The summed E-state index contributed by atoms with van der Waals surface area (Å²) in [5.74, 6) is -0.343. The van der Waals surface area contributed by atoms with E-state index in [0.29, 0.717) is 13.0 Å². The highest BCUT2D eigenvalue weighted by molar-refractivity contribution is 5.85. The summed E-state index contributed by atoms with van der Waals surface area (Å²) < 4.78 is 18.7. The lowest BCUT2D eigenvalue weighted by atomic mass is 9.96. The maximum Gasteiger partial charge on any atom is 0.242 e. The number of hydrogen-bond donors (Lipinski definition) is 1. The summed E-state index contributed by atoms with van der Waals surface area (Å²) in [6, 6.07) is 6.19. The minimum absolute atomic E-state index is 0. The Bertz CT molecular complexity index is 455. The molecular weight excluding hydrogens is 295 g/mol. The van der Waals surface area contributed by atoms with Gasteiger partial charge in [-0.25, -0.2) is 4.39 Å². The molecule has 0 bridgehead atoms. The molecule has 0 spiro atoms. The van der Waals surface area contributed by atoms with Crippen molar-refractivity contribution in [3.63, 3.8) is 0 Å². The zero-order valence-electron chi connectivity index (χ0n) is 12.8. The second-order valence-electron chi connectivity index (χ2n) is 5.17. The Morgan fingerprint density at radius 3 is 2.62 bits per heavy atom. The molecule has 0 fully saturated rings. The zero-order valence-corrected chi connectivity index (χ0v) is 13.6. The zero-order chi connectivity index (χ0) is 15.2. The molecule has 0 aliphatic heterocycles. The molecule has 1 rings (SSSR count). The second-order valence-corrected chi connectivity index (χ2v) is 5.17. The number of carbonyl (C=O) groups excluding carboxylic acids is 1. The van der Waals surface area contributed by atoms with Crippen LogP contribution in [0.5, 0.6) is 5.75 Å². The molecule has 21 heavy (non-hydrogen) atoms. The molecule has 1 unspecified atom stereocenters. The van der Waals surface area contributed by atoms with E-state index in [-0.39, 0.29) is 30.7 Å². The molecule has 0 saturated heterocycles. The molecule has 1 atom stereocenters. The molecule has 1 aromatic carbocycles. The number of likely N-dealkylation sites (N-methyl/N-ethyl adjacent to an activating group) is 1. The lowest BCUT2D eigenvalue weighted by Crippen LogP contribution is -2.52. The number of hydrogen-bond acceptors (Lipinski definition) is 3. The Morgan fingerprint density at radius 1 is 1.43 bits per heavy atom. The van der Waals surface area contributed by atoms with Crippen LogP contribution in [-0.2, 0) is 4.79 Å². The first-order valence-electron chi connectivity index (χ1n) is 6.80. The lowest BCUT2D eigenvalue weighted by Gasteiger charge is -2.28. The van der Waals surface area contributed by atoms with Crippen LogP contribution in [-0.4, -0.2) is 36.5 Å². The Labute approximate surface area is 131 Å². The summed E-state index contributed by atoms with van der Waals surface area (Å²) >= 11 is 0. The van der Waals surface area contributed by atoms with Gasteiger partial charge in [0.1, 0.15) is 6.61 Å². The van der Waals surface area contributed by atoms with E-state index >= 15 is 0 Å². The van der Waals surface area contributed by atoms with Crippen molar-refractivity contribution in [2.75, 3.05) is 20.2 Å². The number of carbonyl (C=O) groups is 1. The third kappa shape index (κ3) is 5.89. The summed E-state index contributed by atoms with van der Waals surface area (Å²) in [5, 5.41) is 0. The van der Waals surface area contributed by atoms with Crippen LogP contribution in [0.15, 0.2) is 24.3 Å². The molecule has 0 aliphatic carbocycles. The Hall–Kier alpha value is -1.33. The third-order valence-electron chi connectivity index (χ3n) is 3.13. The van der Waals surface area contributed by atoms with E-state index in [0.717, 1.165) is 6.42 Å². The summed E-state index contributed by atoms with van der Waals surface area (Å²) in [7, 11) is 1.67. The second kappa shape index (κ2) is 8.85. The monoisotopic (exact) mass is 318 g/mol. The van der Waals surface area contributed by atoms with E-state index in [1.807, 2.05) is 6.92 Å². The predicted molar refractivity (Wildman–Crippen MR) is 84.3 cm³/mol. The molecule has 0 aliphatic rings. The van der Waals surface area contributed by atoms with Gasteiger partial charge in [0.2, 0.25) is 5.91 Å². The molecule has 4 nitrogen and oxygen atoms in total. The van der Waals surface area contributed by atoms with Crippen molar-refractivity contribution >= 4 is 18.3 Å². The van der Waals surface area contributed by atoms with Crippen molar-refractivity contribution < 1.29 is 13.9 Å². The van der Waals surface area contributed by atoms with Gasteiger partial charge in [0.05, 0.1) is 12.1 Å². The molecular formula is C15H24ClFN2O2. The van der Waals surface area contributed by atoms with E-state index in [1.54, 1.807) is 32.2 Å². The fourth-order valence-corrected chi connectivity index (χ4v) is 2.02. The van der Waals surface area contributed by atoms with E-state index in [1.165, 1.54) is 11.0 Å². The SMILES string of the molecule is CCCC(C)(N)C(=O)N(C)CCOc1ccccc1F.Cl. The Morgan fingerprint density at radius 2 is 2.05 bits per heavy atom. The minimum Gasteiger partial charge on any atom is -0.489 e. The molecule has 2 N–H and O–H groups in total. The molecule has 1 aromatic rings. The van der Waals surface area contributed by atoms with Crippen molar-refractivity contribution in [3.8, 4) is 5.75 Å². The van der Waals surface area contributed by atoms with Gasteiger partial charge < -0.3 is 15.4 Å². The number of halogens is 2. The first kappa shape index (κ1) is 19.7. The van der Waals surface area contributed by atoms with Crippen LogP contribution < -0.4 is 10.5 Å². The quantitative estimate of drug-likeness (QED) is 0.840. The molecule has 1 amide bonds. The maximum absolute atomic E-state index is 13.3. The fraction of sp³-hybridized carbons (Fsp3) is 0.533. The highest BCUT2D eigenvalue weighted by Crippen LogP contribution is 2.15. The number of para-hydroxylation sites is 1. The summed E-state index contributed by atoms with van der Waals surface area (Å²) in [6.45, 7) is 4.31. The fourth-order valence-electron chi connectivity index (χ4n) is 2.02. The van der Waals surface area contributed by atoms with Gasteiger partial charge in [0.25, 0.3) is 0 Å². The maximum atomic E-state index is 13.3. The smallest absolute Gasteiger partial charge is 0.242 e. The van der Waals surface area contributed by atoms with Crippen molar-refractivity contribution in [3.05, 3.63) is 30.1 Å². The Kier molecular flexibility index (Phi) is 8.29. The highest BCUT2D eigenvalue weighted by Gasteiger charge is 2.29. The average Bonchev–Trinajstić information content (AvgIpc) is 2.40. The van der Waals surface area contributed by atoms with E-state index in [2.05, 4.69) is 0 Å². The molecule has 0 radical (unpaired) electrons. The number of ether oxygens (including phenoxy) is 1. The number of amides is 1. The summed E-state index contributed by atoms with van der Waals surface area (Å²) in [5.41, 5.74) is 5.13. The summed E-state index contributed by atoms with van der Waals surface area (Å²) in [4.78, 5) is 13.7. The van der Waals surface area contributed by atoms with E-state index in [9.17, 15) is 9.18 Å². The largest absolute Gasteiger partial charge is 0.489 e. The topological polar surface area (TPSA) is 55.6 Å². The van der Waals surface area contributed by atoms with Crippen LogP contribution in [0.2, 0.25) is 0 Å². The van der Waals surface area contributed by atoms with E-state index in [4.69, 9.17) is 10.5 Å². The van der Waals surface area contributed by atoms with E-state index < -0.39 is 11.4 Å². The number of rotatable bonds is 7. The van der Waals surface area contributed by atoms with Gasteiger partial charge in [-0.2, -0.15) is 0 Å². The van der Waals surface area contributed by atoms with Gasteiger partial charge in [-0.3, -0.25) is 4.79 Å². The Balaban J connectivity index is 0.00000400. The van der Waals surface area contributed by atoms with Crippen LogP contribution in [0.4, 0.5) is 4.39 Å². The lowest BCUT2D eigenvalue weighted by molar-refractivity contribution is -0.135. The number of nitrogens with zero attached hydrogens (tertiary/aromatic N) is 1. The minimum atomic E-state index is -0.860. The van der Waals surface area contributed by atoms with Crippen LogP contribution in [0.25, 0.3) is 0 Å². The molecule has 0 heterocycles. The molecule has 0 aromatic heterocycles. The van der Waals surface area contributed by atoms with Gasteiger partial charge in [-0.15, -0.1) is 12.4 Å². The van der Waals surface area contributed by atoms with Crippen molar-refractivity contribution in [1.29, 1.82) is 0 Å². The third-order valence-corrected chi connectivity index (χ3v) is 3.13. The van der Waals surface area contributed by atoms with Gasteiger partial charge in [0.15, 0.2) is 11.6 Å². The van der Waals surface area contributed by atoms with Gasteiger partial charge in [-0.05, 0) is 25.5 Å². The molecule has 6 heteroatoms. The van der Waals surface area contributed by atoms with Crippen molar-refractivity contribution in [1.82, 2.24) is 4.90 Å². The first-order valence-corrected chi connectivity index (χ1v) is 6.80.